The summed E-state index contributed by atoms with van der Waals surface area (Å²) in [5.74, 6) is 0. The van der Waals surface area contributed by atoms with E-state index in [-0.39, 0.29) is 5.54 Å². The molecule has 29 heavy (non-hydrogen) atoms. The molecule has 13 heteroatoms. The molecule has 154 valence electrons. The van der Waals surface area contributed by atoms with E-state index >= 15 is 0 Å². The van der Waals surface area contributed by atoms with Crippen LogP contribution in [0.3, 0.4) is 0 Å². The van der Waals surface area contributed by atoms with Crippen molar-refractivity contribution in [3.63, 3.8) is 0 Å². The van der Waals surface area contributed by atoms with Crippen molar-refractivity contribution in [1.82, 2.24) is 29.2 Å². The van der Waals surface area contributed by atoms with Gasteiger partial charge in [0.05, 0.1) is 22.6 Å². The summed E-state index contributed by atoms with van der Waals surface area (Å²) in [4.78, 5) is 8.44. The first-order chi connectivity index (χ1) is 13.5. The fourth-order valence-corrected chi connectivity index (χ4v) is 4.18. The molecule has 4 aromatic rings. The molecule has 4 heterocycles. The third kappa shape index (κ3) is 5.81. The minimum absolute atomic E-state index is 0.299. The molecule has 0 aliphatic rings. The minimum Gasteiger partial charge on any atom is -0.380 e. The molecule has 0 fully saturated rings. The second-order valence-electron chi connectivity index (χ2n) is 6.67. The van der Waals surface area contributed by atoms with E-state index in [0.29, 0.717) is 16.9 Å². The van der Waals surface area contributed by atoms with Gasteiger partial charge in [-0.05, 0) is 81.0 Å². The first-order valence-corrected chi connectivity index (χ1v) is 11.8. The molecule has 4 aromatic heterocycles. The van der Waals surface area contributed by atoms with E-state index < -0.39 is 0 Å². The zero-order valence-corrected chi connectivity index (χ0v) is 22.6. The number of halogens is 5. The van der Waals surface area contributed by atoms with E-state index in [9.17, 15) is 0 Å². The summed E-state index contributed by atoms with van der Waals surface area (Å²) in [5.41, 5.74) is 8.01. The van der Waals surface area contributed by atoms with Crippen molar-refractivity contribution < 1.29 is 0 Å². The van der Waals surface area contributed by atoms with Crippen LogP contribution in [0.2, 0.25) is 10.3 Å². The number of nitrogens with two attached hydrogens (primary N) is 1. The Kier molecular flexibility index (Phi) is 7.47. The number of aromatic nitrogens is 6. The summed E-state index contributed by atoms with van der Waals surface area (Å²) in [7, 11) is 0. The van der Waals surface area contributed by atoms with Crippen LogP contribution < -0.4 is 11.1 Å². The van der Waals surface area contributed by atoms with Crippen LogP contribution in [0.15, 0.2) is 29.0 Å². The molecule has 4 rings (SSSR count). The summed E-state index contributed by atoms with van der Waals surface area (Å²) in [5, 5.41) is 12.4. The lowest BCUT2D eigenvalue weighted by Gasteiger charge is -2.20. The first kappa shape index (κ1) is 23.2. The number of hydrogen-bond donors (Lipinski definition) is 2. The Morgan fingerprint density at radius 3 is 2.14 bits per heavy atom. The Morgan fingerprint density at radius 1 is 1.03 bits per heavy atom. The molecule has 0 amide bonds. The molecule has 0 atom stereocenters. The molecule has 0 unspecified atom stereocenters. The van der Waals surface area contributed by atoms with Gasteiger partial charge < -0.3 is 11.1 Å². The molecule has 8 nitrogen and oxygen atoms in total. The number of rotatable bonds is 3. The molecule has 0 radical (unpaired) electrons. The molecule has 0 aliphatic carbocycles. The Morgan fingerprint density at radius 2 is 1.55 bits per heavy atom. The van der Waals surface area contributed by atoms with Crippen LogP contribution in [0.5, 0.6) is 0 Å². The molecule has 0 bridgehead atoms. The molecule has 0 spiro atoms. The minimum atomic E-state index is -0.299. The maximum absolute atomic E-state index is 5.97. The Balaban J connectivity index is 0.000000176. The molecule has 0 saturated heterocycles. The van der Waals surface area contributed by atoms with Gasteiger partial charge in [0.15, 0.2) is 21.6 Å². The maximum Gasteiger partial charge on any atom is 0.178 e. The van der Waals surface area contributed by atoms with Crippen molar-refractivity contribution in [3.05, 3.63) is 46.7 Å². The van der Waals surface area contributed by atoms with Gasteiger partial charge >= 0.3 is 0 Å². The van der Waals surface area contributed by atoms with Crippen molar-refractivity contribution in [2.24, 2.45) is 5.73 Å². The zero-order chi connectivity index (χ0) is 21.3. The third-order valence-electron chi connectivity index (χ3n) is 3.48. The van der Waals surface area contributed by atoms with Crippen LogP contribution in [0.4, 0.5) is 5.69 Å². The molecule has 3 N–H and O–H groups in total. The monoisotopic (exact) mass is 722 g/mol. The number of fused-ring (bicyclic) bond motifs is 2. The second-order valence-corrected chi connectivity index (χ2v) is 10.5. The van der Waals surface area contributed by atoms with Gasteiger partial charge in [0.2, 0.25) is 0 Å². The molecule has 0 aromatic carbocycles. The number of imidazole rings is 2. The van der Waals surface area contributed by atoms with Crippen LogP contribution in [-0.4, -0.2) is 41.3 Å². The highest BCUT2D eigenvalue weighted by atomic mass is 127. The van der Waals surface area contributed by atoms with Gasteiger partial charge in [0, 0.05) is 18.2 Å². The van der Waals surface area contributed by atoms with Crippen molar-refractivity contribution in [2.75, 3.05) is 11.9 Å². The average molecular weight is 724 g/mol. The number of nitrogens with one attached hydrogen (secondary N) is 1. The fourth-order valence-electron chi connectivity index (χ4n) is 2.24. The van der Waals surface area contributed by atoms with Crippen molar-refractivity contribution >= 4 is 101 Å². The normalized spacial score (nSPS) is 11.6. The SMILES string of the molecule is CC(C)(N)CNc1cc(Cl)nn2c(I)cnc12.Clc1cc(Br)c2ncc(I)n2n1. The maximum atomic E-state index is 5.97. The van der Waals surface area contributed by atoms with E-state index in [4.69, 9.17) is 28.9 Å². The Hall–Kier alpha value is -0.480. The van der Waals surface area contributed by atoms with E-state index in [1.54, 1.807) is 33.6 Å². The summed E-state index contributed by atoms with van der Waals surface area (Å²) in [6.07, 6.45) is 3.49. The van der Waals surface area contributed by atoms with Gasteiger partial charge in [-0.3, -0.25) is 0 Å². The Labute approximate surface area is 212 Å². The second kappa shape index (κ2) is 9.34. The largest absolute Gasteiger partial charge is 0.380 e. The zero-order valence-electron chi connectivity index (χ0n) is 15.2. The van der Waals surface area contributed by atoms with E-state index in [1.165, 1.54) is 0 Å². The highest BCUT2D eigenvalue weighted by Crippen LogP contribution is 2.22. The summed E-state index contributed by atoms with van der Waals surface area (Å²) >= 11 is 19.4. The lowest BCUT2D eigenvalue weighted by atomic mass is 10.1. The van der Waals surface area contributed by atoms with Crippen LogP contribution >= 0.6 is 84.3 Å². The highest BCUT2D eigenvalue weighted by molar-refractivity contribution is 14.1. The van der Waals surface area contributed by atoms with Crippen molar-refractivity contribution in [3.8, 4) is 0 Å². The van der Waals surface area contributed by atoms with E-state index in [1.807, 2.05) is 13.8 Å². The highest BCUT2D eigenvalue weighted by Gasteiger charge is 2.13. The average Bonchev–Trinajstić information content (AvgIpc) is 3.17. The van der Waals surface area contributed by atoms with Crippen LogP contribution in [0.1, 0.15) is 13.8 Å². The Bertz CT molecular complexity index is 1170. The van der Waals surface area contributed by atoms with Gasteiger partial charge in [0.25, 0.3) is 0 Å². The van der Waals surface area contributed by atoms with E-state index in [0.717, 1.165) is 28.9 Å². The van der Waals surface area contributed by atoms with Gasteiger partial charge in [-0.2, -0.15) is 10.2 Å². The lowest BCUT2D eigenvalue weighted by molar-refractivity contribution is 0.549. The third-order valence-corrected chi connectivity index (χ3v) is 5.91. The molecular formula is C16H15BrCl2I2N8. The summed E-state index contributed by atoms with van der Waals surface area (Å²) in [6, 6.07) is 3.48. The summed E-state index contributed by atoms with van der Waals surface area (Å²) in [6.45, 7) is 4.54. The van der Waals surface area contributed by atoms with Crippen molar-refractivity contribution in [2.45, 2.75) is 19.4 Å². The van der Waals surface area contributed by atoms with Crippen LogP contribution in [-0.2, 0) is 0 Å². The van der Waals surface area contributed by atoms with Gasteiger partial charge in [0.1, 0.15) is 7.40 Å². The smallest absolute Gasteiger partial charge is 0.178 e. The number of hydrogen-bond acceptors (Lipinski definition) is 6. The first-order valence-electron chi connectivity index (χ1n) is 8.13. The molecule has 0 saturated carbocycles. The van der Waals surface area contributed by atoms with Crippen molar-refractivity contribution in [1.29, 1.82) is 0 Å². The van der Waals surface area contributed by atoms with Gasteiger partial charge in [-0.1, -0.05) is 23.2 Å². The molecule has 0 aliphatic heterocycles. The molecular weight excluding hydrogens is 709 g/mol. The summed E-state index contributed by atoms with van der Waals surface area (Å²) < 4.78 is 6.09. The number of anilines is 1. The lowest BCUT2D eigenvalue weighted by Crippen LogP contribution is -2.39. The van der Waals surface area contributed by atoms with Gasteiger partial charge in [-0.25, -0.2) is 19.0 Å². The quantitative estimate of drug-likeness (QED) is 0.293. The standard InChI is InChI=1S/C10H13ClIN5.C6H2BrClIN3/c1-10(2,13)5-15-6-3-7(11)16-17-8(12)4-14-9(6)17;7-3-1-4(8)11-12-5(9)2-10-6(3)12/h3-4,15H,5,13H2,1-2H3;1-2H. The van der Waals surface area contributed by atoms with Crippen LogP contribution in [0, 0.1) is 7.40 Å². The predicted molar refractivity (Wildman–Crippen MR) is 136 cm³/mol. The number of nitrogens with zero attached hydrogens (tertiary/aromatic N) is 6. The topological polar surface area (TPSA) is 98.4 Å². The van der Waals surface area contributed by atoms with E-state index in [2.05, 4.69) is 86.6 Å². The van der Waals surface area contributed by atoms with Gasteiger partial charge in [-0.15, -0.1) is 0 Å². The fraction of sp³-hybridized carbons (Fsp3) is 0.250. The predicted octanol–water partition coefficient (Wildman–Crippen LogP) is 4.89. The van der Waals surface area contributed by atoms with Crippen LogP contribution in [0.25, 0.3) is 11.3 Å².